The number of nitrogens with one attached hydrogen (secondary N) is 1. The second-order valence-electron chi connectivity index (χ2n) is 3.29. The first-order valence-corrected chi connectivity index (χ1v) is 4.74. The van der Waals surface area contributed by atoms with Crippen LogP contribution in [0.5, 0.6) is 0 Å². The van der Waals surface area contributed by atoms with Crippen LogP contribution in [0.1, 0.15) is 16.9 Å². The Labute approximate surface area is 91.3 Å². The molecule has 16 heavy (non-hydrogen) atoms. The van der Waals surface area contributed by atoms with Crippen LogP contribution in [0.4, 0.5) is 10.6 Å². The second-order valence-corrected chi connectivity index (χ2v) is 3.29. The normalized spacial score (nSPS) is 15.9. The number of nitrogens with zero attached hydrogens (tertiary/aromatic N) is 2. The summed E-state index contributed by atoms with van der Waals surface area (Å²) in [5.74, 6) is 0.0717. The molecule has 0 saturated carbocycles. The number of carbonyl (C=O) groups is 3. The third-order valence-corrected chi connectivity index (χ3v) is 2.21. The van der Waals surface area contributed by atoms with E-state index in [0.717, 1.165) is 0 Å². The zero-order valence-electron chi connectivity index (χ0n) is 8.34. The molecule has 2 rings (SSSR count). The van der Waals surface area contributed by atoms with E-state index in [-0.39, 0.29) is 24.6 Å². The Balaban J connectivity index is 2.26. The number of rotatable bonds is 2. The Morgan fingerprint density at radius 1 is 1.38 bits per heavy atom. The van der Waals surface area contributed by atoms with Gasteiger partial charge in [-0.15, -0.1) is 0 Å². The van der Waals surface area contributed by atoms with Crippen molar-refractivity contribution in [2.45, 2.75) is 6.42 Å². The molecule has 6 nitrogen and oxygen atoms in total. The Morgan fingerprint density at radius 3 is 2.88 bits per heavy atom. The summed E-state index contributed by atoms with van der Waals surface area (Å²) in [5.41, 5.74) is 0.252. The lowest BCUT2D eigenvalue weighted by Crippen LogP contribution is -2.49. The molecular weight excluding hydrogens is 210 g/mol. The van der Waals surface area contributed by atoms with Crippen LogP contribution in [0, 0.1) is 0 Å². The molecule has 1 N–H and O–H groups in total. The van der Waals surface area contributed by atoms with Crippen molar-refractivity contribution in [2.24, 2.45) is 0 Å². The number of pyridine rings is 1. The molecule has 1 aliphatic rings. The molecule has 0 atom stereocenters. The van der Waals surface area contributed by atoms with Crippen LogP contribution in [0.3, 0.4) is 0 Å². The van der Waals surface area contributed by atoms with Gasteiger partial charge in [0.2, 0.25) is 5.91 Å². The monoisotopic (exact) mass is 219 g/mol. The van der Waals surface area contributed by atoms with E-state index in [1.165, 1.54) is 4.90 Å². The van der Waals surface area contributed by atoms with Gasteiger partial charge in [0.1, 0.15) is 11.5 Å². The van der Waals surface area contributed by atoms with Crippen molar-refractivity contribution in [2.75, 3.05) is 11.4 Å². The molecule has 0 aromatic carbocycles. The summed E-state index contributed by atoms with van der Waals surface area (Å²) in [7, 11) is 0. The lowest BCUT2D eigenvalue weighted by atomic mass is 10.3. The first-order valence-electron chi connectivity index (χ1n) is 4.74. The van der Waals surface area contributed by atoms with Crippen molar-refractivity contribution >= 4 is 24.0 Å². The third kappa shape index (κ3) is 1.90. The molecule has 6 heteroatoms. The number of amides is 3. The van der Waals surface area contributed by atoms with Gasteiger partial charge in [0.15, 0.2) is 6.29 Å². The van der Waals surface area contributed by atoms with E-state index in [0.29, 0.717) is 12.1 Å². The van der Waals surface area contributed by atoms with Crippen LogP contribution in [-0.2, 0) is 4.79 Å². The Kier molecular flexibility index (Phi) is 2.63. The molecule has 0 radical (unpaired) electrons. The van der Waals surface area contributed by atoms with Gasteiger partial charge in [-0.1, -0.05) is 6.07 Å². The van der Waals surface area contributed by atoms with E-state index in [1.807, 2.05) is 0 Å². The number of imide groups is 1. The summed E-state index contributed by atoms with van der Waals surface area (Å²) in [4.78, 5) is 38.3. The minimum atomic E-state index is -0.508. The highest BCUT2D eigenvalue weighted by Gasteiger charge is 2.24. The van der Waals surface area contributed by atoms with Crippen molar-refractivity contribution < 1.29 is 14.4 Å². The second kappa shape index (κ2) is 4.09. The Morgan fingerprint density at radius 2 is 2.19 bits per heavy atom. The SMILES string of the molecule is O=Cc1cccc(N2CCC(=O)NC2=O)n1. The highest BCUT2D eigenvalue weighted by Crippen LogP contribution is 2.13. The summed E-state index contributed by atoms with van der Waals surface area (Å²) >= 11 is 0. The fourth-order valence-electron chi connectivity index (χ4n) is 1.44. The number of carbonyl (C=O) groups excluding carboxylic acids is 3. The molecule has 3 amide bonds. The topological polar surface area (TPSA) is 79.4 Å². The average molecular weight is 219 g/mol. The van der Waals surface area contributed by atoms with Crippen LogP contribution in [0.2, 0.25) is 0 Å². The lowest BCUT2D eigenvalue weighted by molar-refractivity contribution is -0.120. The number of aldehydes is 1. The summed E-state index contributed by atoms with van der Waals surface area (Å²) in [6, 6.07) is 4.29. The maximum absolute atomic E-state index is 11.5. The van der Waals surface area contributed by atoms with E-state index >= 15 is 0 Å². The molecule has 1 saturated heterocycles. The maximum atomic E-state index is 11.5. The number of hydrogen-bond acceptors (Lipinski definition) is 4. The maximum Gasteiger partial charge on any atom is 0.329 e. The predicted molar refractivity (Wildman–Crippen MR) is 55.1 cm³/mol. The predicted octanol–water partition coefficient (Wildman–Crippen LogP) is 0.340. The lowest BCUT2D eigenvalue weighted by Gasteiger charge is -2.25. The van der Waals surface area contributed by atoms with Gasteiger partial charge in [0, 0.05) is 13.0 Å². The van der Waals surface area contributed by atoms with Gasteiger partial charge in [-0.2, -0.15) is 0 Å². The van der Waals surface area contributed by atoms with Crippen LogP contribution in [-0.4, -0.2) is 29.8 Å². The van der Waals surface area contributed by atoms with Gasteiger partial charge in [-0.3, -0.25) is 19.8 Å². The first kappa shape index (κ1) is 10.3. The van der Waals surface area contributed by atoms with Crippen LogP contribution in [0.25, 0.3) is 0 Å². The molecule has 0 bridgehead atoms. The molecule has 1 aliphatic heterocycles. The summed E-state index contributed by atoms with van der Waals surface area (Å²) in [5, 5.41) is 2.19. The van der Waals surface area contributed by atoms with E-state index in [2.05, 4.69) is 10.3 Å². The highest BCUT2D eigenvalue weighted by atomic mass is 16.2. The zero-order chi connectivity index (χ0) is 11.5. The van der Waals surface area contributed by atoms with E-state index < -0.39 is 6.03 Å². The minimum Gasteiger partial charge on any atom is -0.296 e. The van der Waals surface area contributed by atoms with E-state index in [4.69, 9.17) is 0 Å². The molecular formula is C10H9N3O3. The van der Waals surface area contributed by atoms with Crippen LogP contribution < -0.4 is 10.2 Å². The average Bonchev–Trinajstić information content (AvgIpc) is 2.29. The third-order valence-electron chi connectivity index (χ3n) is 2.21. The van der Waals surface area contributed by atoms with Gasteiger partial charge in [-0.25, -0.2) is 9.78 Å². The number of hydrogen-bond donors (Lipinski definition) is 1. The fourth-order valence-corrected chi connectivity index (χ4v) is 1.44. The number of anilines is 1. The van der Waals surface area contributed by atoms with Crippen molar-refractivity contribution in [1.82, 2.24) is 10.3 Å². The minimum absolute atomic E-state index is 0.235. The smallest absolute Gasteiger partial charge is 0.296 e. The largest absolute Gasteiger partial charge is 0.329 e. The van der Waals surface area contributed by atoms with Gasteiger partial charge >= 0.3 is 6.03 Å². The van der Waals surface area contributed by atoms with Gasteiger partial charge in [0.05, 0.1) is 0 Å². The van der Waals surface area contributed by atoms with Gasteiger partial charge < -0.3 is 0 Å². The van der Waals surface area contributed by atoms with Gasteiger partial charge in [0.25, 0.3) is 0 Å². The van der Waals surface area contributed by atoms with E-state index in [9.17, 15) is 14.4 Å². The molecule has 1 aromatic heterocycles. The van der Waals surface area contributed by atoms with Crippen molar-refractivity contribution in [3.8, 4) is 0 Å². The molecule has 2 heterocycles. The molecule has 0 unspecified atom stereocenters. The quantitative estimate of drug-likeness (QED) is 0.727. The molecule has 0 spiro atoms. The molecule has 0 aliphatic carbocycles. The number of aromatic nitrogens is 1. The number of urea groups is 1. The standard InChI is InChI=1S/C10H9N3O3/c14-6-7-2-1-3-8(11-7)13-5-4-9(15)12-10(13)16/h1-3,6H,4-5H2,(H,12,15,16). The van der Waals surface area contributed by atoms with Crippen LogP contribution >= 0.6 is 0 Å². The summed E-state index contributed by atoms with van der Waals surface area (Å²) in [6.45, 7) is 0.278. The Hall–Kier alpha value is -2.24. The fraction of sp³-hybridized carbons (Fsp3) is 0.200. The zero-order valence-corrected chi connectivity index (χ0v) is 8.34. The van der Waals surface area contributed by atoms with Gasteiger partial charge in [-0.05, 0) is 12.1 Å². The summed E-state index contributed by atoms with van der Waals surface area (Å²) < 4.78 is 0. The molecule has 1 fully saturated rings. The Bertz CT molecular complexity index is 458. The van der Waals surface area contributed by atoms with Crippen molar-refractivity contribution in [1.29, 1.82) is 0 Å². The molecule has 1 aromatic rings. The summed E-state index contributed by atoms with van der Waals surface area (Å²) in [6.07, 6.45) is 0.843. The first-order chi connectivity index (χ1) is 7.70. The molecule has 82 valence electrons. The van der Waals surface area contributed by atoms with Crippen LogP contribution in [0.15, 0.2) is 18.2 Å². The van der Waals surface area contributed by atoms with Crippen molar-refractivity contribution in [3.63, 3.8) is 0 Å². The van der Waals surface area contributed by atoms with Crippen molar-refractivity contribution in [3.05, 3.63) is 23.9 Å². The highest BCUT2D eigenvalue weighted by molar-refractivity contribution is 6.05. The van der Waals surface area contributed by atoms with E-state index in [1.54, 1.807) is 18.2 Å².